The molecule has 0 bridgehead atoms. The Morgan fingerprint density at radius 3 is 2.17 bits per heavy atom. The standard InChI is InChI=1S/C23H32N2O4/c1-16-8-12-24(13-9-16)21(26)18(3)29-23(28)19-10-14-25(15-11-19)22(27)20-7-5-4-6-17(20)2/h4-7,16,18-19H,8-15H2,1-3H3. The predicted molar refractivity (Wildman–Crippen MR) is 110 cm³/mol. The van der Waals surface area contributed by atoms with Gasteiger partial charge in [-0.1, -0.05) is 25.1 Å². The van der Waals surface area contributed by atoms with Crippen LogP contribution in [0.2, 0.25) is 0 Å². The van der Waals surface area contributed by atoms with Crippen LogP contribution in [0.1, 0.15) is 55.5 Å². The molecular formula is C23H32N2O4. The van der Waals surface area contributed by atoms with E-state index in [0.717, 1.165) is 31.5 Å². The van der Waals surface area contributed by atoms with Crippen LogP contribution in [0.4, 0.5) is 0 Å². The molecule has 2 saturated heterocycles. The van der Waals surface area contributed by atoms with Crippen molar-refractivity contribution in [3.05, 3.63) is 35.4 Å². The Kier molecular flexibility index (Phi) is 6.93. The molecule has 2 fully saturated rings. The molecule has 6 nitrogen and oxygen atoms in total. The van der Waals surface area contributed by atoms with Crippen molar-refractivity contribution < 1.29 is 19.1 Å². The summed E-state index contributed by atoms with van der Waals surface area (Å²) in [6.07, 6.45) is 2.39. The fraction of sp³-hybridized carbons (Fsp3) is 0.609. The average molecular weight is 401 g/mol. The van der Waals surface area contributed by atoms with Gasteiger partial charge in [0.15, 0.2) is 6.10 Å². The smallest absolute Gasteiger partial charge is 0.309 e. The van der Waals surface area contributed by atoms with Crippen LogP contribution in [0.5, 0.6) is 0 Å². The van der Waals surface area contributed by atoms with E-state index in [1.165, 1.54) is 0 Å². The molecule has 1 aromatic rings. The molecule has 0 saturated carbocycles. The summed E-state index contributed by atoms with van der Waals surface area (Å²) in [4.78, 5) is 41.4. The zero-order valence-corrected chi connectivity index (χ0v) is 17.7. The minimum atomic E-state index is -0.748. The SMILES string of the molecule is Cc1ccccc1C(=O)N1CCC(C(=O)OC(C)C(=O)N2CCC(C)CC2)CC1. The van der Waals surface area contributed by atoms with Crippen LogP contribution in [0, 0.1) is 18.8 Å². The lowest BCUT2D eigenvalue weighted by Gasteiger charge is -2.33. The average Bonchev–Trinajstić information content (AvgIpc) is 2.73. The molecule has 1 unspecified atom stereocenters. The zero-order valence-electron chi connectivity index (χ0n) is 17.7. The Morgan fingerprint density at radius 1 is 0.966 bits per heavy atom. The van der Waals surface area contributed by atoms with Crippen molar-refractivity contribution in [2.45, 2.75) is 52.6 Å². The molecule has 1 atom stereocenters. The Morgan fingerprint density at radius 2 is 1.55 bits per heavy atom. The van der Waals surface area contributed by atoms with Crippen LogP contribution in [0.25, 0.3) is 0 Å². The maximum Gasteiger partial charge on any atom is 0.309 e. The predicted octanol–water partition coefficient (Wildman–Crippen LogP) is 3.04. The van der Waals surface area contributed by atoms with Crippen molar-refractivity contribution >= 4 is 17.8 Å². The van der Waals surface area contributed by atoms with Crippen LogP contribution < -0.4 is 0 Å². The van der Waals surface area contributed by atoms with E-state index < -0.39 is 6.10 Å². The molecule has 0 N–H and O–H groups in total. The molecule has 2 aliphatic heterocycles. The van der Waals surface area contributed by atoms with E-state index >= 15 is 0 Å². The molecule has 2 heterocycles. The van der Waals surface area contributed by atoms with E-state index in [-0.39, 0.29) is 23.7 Å². The highest BCUT2D eigenvalue weighted by Gasteiger charge is 2.32. The van der Waals surface area contributed by atoms with Crippen molar-refractivity contribution in [2.75, 3.05) is 26.2 Å². The molecule has 0 aliphatic carbocycles. The lowest BCUT2D eigenvalue weighted by molar-refractivity contribution is -0.164. The number of esters is 1. The van der Waals surface area contributed by atoms with Crippen molar-refractivity contribution in [2.24, 2.45) is 11.8 Å². The number of ether oxygens (including phenoxy) is 1. The van der Waals surface area contributed by atoms with Crippen LogP contribution in [-0.2, 0) is 14.3 Å². The monoisotopic (exact) mass is 400 g/mol. The third kappa shape index (κ3) is 5.17. The molecule has 158 valence electrons. The first-order chi connectivity index (χ1) is 13.9. The van der Waals surface area contributed by atoms with Gasteiger partial charge in [0.2, 0.25) is 0 Å². The summed E-state index contributed by atoms with van der Waals surface area (Å²) in [5.74, 6) is -0.0218. The first-order valence-electron chi connectivity index (χ1n) is 10.7. The fourth-order valence-electron chi connectivity index (χ4n) is 4.11. The third-order valence-electron chi connectivity index (χ3n) is 6.23. The Hall–Kier alpha value is -2.37. The van der Waals surface area contributed by atoms with E-state index in [4.69, 9.17) is 4.74 Å². The molecule has 3 rings (SSSR count). The molecule has 0 radical (unpaired) electrons. The number of hydrogen-bond acceptors (Lipinski definition) is 4. The van der Waals surface area contributed by atoms with Crippen LogP contribution >= 0.6 is 0 Å². The van der Waals surface area contributed by atoms with E-state index in [1.807, 2.05) is 31.2 Å². The van der Waals surface area contributed by atoms with Crippen molar-refractivity contribution in [3.8, 4) is 0 Å². The number of hydrogen-bond donors (Lipinski definition) is 0. The number of amides is 2. The highest BCUT2D eigenvalue weighted by atomic mass is 16.5. The van der Waals surface area contributed by atoms with Crippen LogP contribution in [0.3, 0.4) is 0 Å². The number of carbonyl (C=O) groups is 3. The van der Waals surface area contributed by atoms with Crippen LogP contribution in [0.15, 0.2) is 24.3 Å². The van der Waals surface area contributed by atoms with Crippen molar-refractivity contribution in [1.29, 1.82) is 0 Å². The number of carbonyl (C=O) groups excluding carboxylic acids is 3. The molecule has 2 aliphatic rings. The van der Waals surface area contributed by atoms with Gasteiger partial charge in [-0.3, -0.25) is 14.4 Å². The van der Waals surface area contributed by atoms with E-state index in [9.17, 15) is 14.4 Å². The number of piperidine rings is 2. The lowest BCUT2D eigenvalue weighted by Crippen LogP contribution is -2.45. The van der Waals surface area contributed by atoms with Crippen LogP contribution in [-0.4, -0.2) is 59.9 Å². The van der Waals surface area contributed by atoms with Gasteiger partial charge in [-0.15, -0.1) is 0 Å². The second-order valence-electron chi connectivity index (χ2n) is 8.47. The van der Waals surface area contributed by atoms with Gasteiger partial charge < -0.3 is 14.5 Å². The van der Waals surface area contributed by atoms with Gasteiger partial charge in [0, 0.05) is 31.7 Å². The number of rotatable bonds is 4. The molecule has 2 amide bonds. The summed E-state index contributed by atoms with van der Waals surface area (Å²) in [5.41, 5.74) is 1.67. The molecule has 1 aromatic carbocycles. The molecule has 0 aromatic heterocycles. The zero-order chi connectivity index (χ0) is 21.0. The van der Waals surface area contributed by atoms with Gasteiger partial charge in [-0.2, -0.15) is 0 Å². The first kappa shape index (κ1) is 21.3. The van der Waals surface area contributed by atoms with Gasteiger partial charge in [-0.25, -0.2) is 0 Å². The quantitative estimate of drug-likeness (QED) is 0.729. The number of aryl methyl sites for hydroxylation is 1. The topological polar surface area (TPSA) is 66.9 Å². The molecule has 29 heavy (non-hydrogen) atoms. The van der Waals surface area contributed by atoms with E-state index in [2.05, 4.69) is 6.92 Å². The molecule has 6 heteroatoms. The van der Waals surface area contributed by atoms with E-state index in [0.29, 0.717) is 37.4 Å². The van der Waals surface area contributed by atoms with Gasteiger partial charge in [0.05, 0.1) is 5.92 Å². The highest BCUT2D eigenvalue weighted by Crippen LogP contribution is 2.23. The first-order valence-corrected chi connectivity index (χ1v) is 10.7. The maximum absolute atomic E-state index is 12.7. The largest absolute Gasteiger partial charge is 0.452 e. The minimum Gasteiger partial charge on any atom is -0.452 e. The number of nitrogens with zero attached hydrogens (tertiary/aromatic N) is 2. The normalized spacial score (nSPS) is 19.7. The van der Waals surface area contributed by atoms with Gasteiger partial charge in [-0.05, 0) is 57.1 Å². The summed E-state index contributed by atoms with van der Waals surface area (Å²) in [5, 5.41) is 0. The number of benzene rings is 1. The van der Waals surface area contributed by atoms with Gasteiger partial charge >= 0.3 is 5.97 Å². The number of likely N-dealkylation sites (tertiary alicyclic amines) is 2. The Bertz CT molecular complexity index is 747. The Labute approximate surface area is 173 Å². The summed E-state index contributed by atoms with van der Waals surface area (Å²) < 4.78 is 5.50. The molecule has 0 spiro atoms. The second-order valence-corrected chi connectivity index (χ2v) is 8.47. The highest BCUT2D eigenvalue weighted by molar-refractivity contribution is 5.95. The summed E-state index contributed by atoms with van der Waals surface area (Å²) in [6, 6.07) is 7.55. The molecular weight excluding hydrogens is 368 g/mol. The van der Waals surface area contributed by atoms with Crippen molar-refractivity contribution in [3.63, 3.8) is 0 Å². The fourth-order valence-corrected chi connectivity index (χ4v) is 4.11. The lowest BCUT2D eigenvalue weighted by atomic mass is 9.96. The van der Waals surface area contributed by atoms with Crippen molar-refractivity contribution in [1.82, 2.24) is 9.80 Å². The third-order valence-corrected chi connectivity index (χ3v) is 6.23. The summed E-state index contributed by atoms with van der Waals surface area (Å²) in [7, 11) is 0. The second kappa shape index (κ2) is 9.42. The van der Waals surface area contributed by atoms with Gasteiger partial charge in [0.25, 0.3) is 11.8 Å². The maximum atomic E-state index is 12.7. The Balaban J connectivity index is 1.48. The van der Waals surface area contributed by atoms with Gasteiger partial charge in [0.1, 0.15) is 0 Å². The summed E-state index contributed by atoms with van der Waals surface area (Å²) in [6.45, 7) is 8.32. The summed E-state index contributed by atoms with van der Waals surface area (Å²) >= 11 is 0. The minimum absolute atomic E-state index is 0.0118. The van der Waals surface area contributed by atoms with E-state index in [1.54, 1.807) is 16.7 Å².